The molecule has 0 amide bonds. The minimum atomic E-state index is 0.759. The molecule has 0 fully saturated rings. The van der Waals surface area contributed by atoms with E-state index in [4.69, 9.17) is 9.98 Å². The molecule has 0 spiro atoms. The van der Waals surface area contributed by atoms with E-state index >= 15 is 0 Å². The fourth-order valence-corrected chi connectivity index (χ4v) is 5.67. The number of rotatable bonds is 14. The van der Waals surface area contributed by atoms with Crippen LogP contribution in [0.2, 0.25) is 0 Å². The first-order chi connectivity index (χ1) is 21.4. The Hall–Kier alpha value is -4.42. The molecule has 3 N–H and O–H groups in total. The Morgan fingerprint density at radius 1 is 0.488 bits per heavy atom. The summed E-state index contributed by atoms with van der Waals surface area (Å²) in [7, 11) is 0. The second-order valence-corrected chi connectivity index (χ2v) is 10.8. The van der Waals surface area contributed by atoms with Crippen LogP contribution < -0.4 is 16.0 Å². The van der Waals surface area contributed by atoms with Gasteiger partial charge in [0.05, 0.1) is 12.2 Å². The van der Waals surface area contributed by atoms with Crippen molar-refractivity contribution in [1.29, 1.82) is 0 Å². The molecule has 0 aliphatic rings. The van der Waals surface area contributed by atoms with Crippen LogP contribution in [0.15, 0.2) is 119 Å². The van der Waals surface area contributed by atoms with E-state index in [2.05, 4.69) is 125 Å². The highest BCUT2D eigenvalue weighted by Crippen LogP contribution is 2.34. The van der Waals surface area contributed by atoms with E-state index in [1.165, 1.54) is 48.7 Å². The zero-order valence-corrected chi connectivity index (χ0v) is 24.6. The van der Waals surface area contributed by atoms with Crippen LogP contribution in [0.3, 0.4) is 0 Å². The van der Waals surface area contributed by atoms with E-state index in [0.29, 0.717) is 0 Å². The summed E-state index contributed by atoms with van der Waals surface area (Å²) in [6.45, 7) is 6.29. The summed E-state index contributed by atoms with van der Waals surface area (Å²) in [6, 6.07) is 38.6. The smallest absolute Gasteiger partial charge is 0.0782 e. The van der Waals surface area contributed by atoms with E-state index in [-0.39, 0.29) is 0 Å². The molecule has 0 saturated carbocycles. The molecule has 6 rings (SSSR count). The van der Waals surface area contributed by atoms with Crippen LogP contribution in [-0.2, 0) is 0 Å². The van der Waals surface area contributed by atoms with E-state index in [0.717, 1.165) is 57.9 Å². The maximum absolute atomic E-state index is 4.90. The number of benzene rings is 6. The zero-order valence-electron chi connectivity index (χ0n) is 24.6. The lowest BCUT2D eigenvalue weighted by molar-refractivity contribution is 0.588. The molecule has 6 aromatic rings. The normalized spacial score (nSPS) is 12.1. The number of aliphatic imine (C=N–C) groups is 2. The molecule has 5 nitrogen and oxygen atoms in total. The highest BCUT2D eigenvalue weighted by atomic mass is 15.0. The van der Waals surface area contributed by atoms with E-state index in [9.17, 15) is 0 Å². The molecular weight excluding hydrogens is 526 g/mol. The maximum atomic E-state index is 4.90. The second kappa shape index (κ2) is 14.7. The third-order valence-corrected chi connectivity index (χ3v) is 7.82. The van der Waals surface area contributed by atoms with Crippen molar-refractivity contribution in [1.82, 2.24) is 16.0 Å². The molecule has 0 aromatic heterocycles. The molecule has 0 unspecified atom stereocenters. The molecule has 0 saturated heterocycles. The zero-order chi connectivity index (χ0) is 29.1. The van der Waals surface area contributed by atoms with Crippen molar-refractivity contribution in [3.05, 3.63) is 115 Å². The Kier molecular flexibility index (Phi) is 9.78. The monoisotopic (exact) mass is 565 g/mol. The Bertz CT molecular complexity index is 1630. The van der Waals surface area contributed by atoms with Gasteiger partial charge in [0.15, 0.2) is 0 Å². The second-order valence-electron chi connectivity index (χ2n) is 10.8. The fourth-order valence-electron chi connectivity index (χ4n) is 5.67. The minimum absolute atomic E-state index is 0.759. The summed E-state index contributed by atoms with van der Waals surface area (Å²) in [4.78, 5) is 9.64. The molecule has 0 atom stereocenters. The average Bonchev–Trinajstić information content (AvgIpc) is 3.05. The van der Waals surface area contributed by atoms with Crippen LogP contribution >= 0.6 is 0 Å². The third-order valence-electron chi connectivity index (χ3n) is 7.82. The van der Waals surface area contributed by atoms with Gasteiger partial charge in [0, 0.05) is 68.0 Å². The highest BCUT2D eigenvalue weighted by molar-refractivity contribution is 6.13. The van der Waals surface area contributed by atoms with Crippen LogP contribution in [0.25, 0.3) is 43.1 Å². The minimum Gasteiger partial charge on any atom is -0.315 e. The lowest BCUT2D eigenvalue weighted by Crippen LogP contribution is -2.33. The lowest BCUT2D eigenvalue weighted by atomic mass is 9.97. The van der Waals surface area contributed by atoms with Crippen molar-refractivity contribution in [2.45, 2.75) is 6.42 Å². The standard InChI is InChI=1S/C38H39N5/c1-5-14-33-29(10-1)26-30-11-2-6-15-34(30)37(33)28-42-25-24-41-23-22-40-21-20-39-18-9-19-43-38-35-16-7-3-12-31(35)27-32-13-4-8-17-36(32)38/h1-8,10-17,19,26-28,39-41H,9,18,20-25H2. The van der Waals surface area contributed by atoms with Crippen LogP contribution in [-0.4, -0.2) is 58.2 Å². The summed E-state index contributed by atoms with van der Waals surface area (Å²) >= 11 is 0. The Labute approximate surface area is 253 Å². The van der Waals surface area contributed by atoms with Gasteiger partial charge in [-0.2, -0.15) is 0 Å². The molecule has 216 valence electrons. The highest BCUT2D eigenvalue weighted by Gasteiger charge is 2.06. The van der Waals surface area contributed by atoms with Gasteiger partial charge >= 0.3 is 0 Å². The van der Waals surface area contributed by atoms with E-state index < -0.39 is 0 Å². The molecule has 0 aliphatic carbocycles. The third kappa shape index (κ3) is 7.15. The van der Waals surface area contributed by atoms with Gasteiger partial charge in [-0.3, -0.25) is 9.98 Å². The average molecular weight is 566 g/mol. The van der Waals surface area contributed by atoms with Gasteiger partial charge in [-0.05, 0) is 50.9 Å². The lowest BCUT2D eigenvalue weighted by Gasteiger charge is -2.08. The molecule has 43 heavy (non-hydrogen) atoms. The Morgan fingerprint density at radius 3 is 1.49 bits per heavy atom. The first-order valence-corrected chi connectivity index (χ1v) is 15.3. The number of hydrogen-bond donors (Lipinski definition) is 3. The van der Waals surface area contributed by atoms with E-state index in [1.807, 2.05) is 12.4 Å². The first-order valence-electron chi connectivity index (χ1n) is 15.3. The molecular formula is C38H39N5. The number of nitrogens with one attached hydrogen (secondary N) is 3. The van der Waals surface area contributed by atoms with Gasteiger partial charge < -0.3 is 16.0 Å². The van der Waals surface area contributed by atoms with Crippen LogP contribution in [0.1, 0.15) is 12.0 Å². The number of fused-ring (bicyclic) bond motifs is 4. The van der Waals surface area contributed by atoms with Crippen molar-refractivity contribution < 1.29 is 0 Å². The molecule has 0 heterocycles. The van der Waals surface area contributed by atoms with E-state index in [1.54, 1.807) is 0 Å². The summed E-state index contributed by atoms with van der Waals surface area (Å²) in [6.07, 6.45) is 4.99. The Balaban J connectivity index is 0.866. The predicted octanol–water partition coefficient (Wildman–Crippen LogP) is 7.28. The van der Waals surface area contributed by atoms with Crippen molar-refractivity contribution in [3.63, 3.8) is 0 Å². The van der Waals surface area contributed by atoms with Crippen LogP contribution in [0.4, 0.5) is 5.69 Å². The first kappa shape index (κ1) is 28.7. The molecule has 0 aliphatic heterocycles. The SMILES string of the molecule is C(=NCCNCCNCCNCCC=Nc1c2ccccc2cc2ccccc12)c1c2ccccc2cc2ccccc12. The number of hydrogen-bond acceptors (Lipinski definition) is 5. The van der Waals surface area contributed by atoms with Crippen molar-refractivity contribution in [3.8, 4) is 0 Å². The predicted molar refractivity (Wildman–Crippen MR) is 187 cm³/mol. The fraction of sp³-hybridized carbons (Fsp3) is 0.211. The summed E-state index contributed by atoms with van der Waals surface area (Å²) in [5.41, 5.74) is 2.27. The molecule has 0 radical (unpaired) electrons. The summed E-state index contributed by atoms with van der Waals surface area (Å²) in [5.74, 6) is 0. The van der Waals surface area contributed by atoms with Gasteiger partial charge in [0.1, 0.15) is 0 Å². The maximum Gasteiger partial charge on any atom is 0.0782 e. The number of nitrogens with zero attached hydrogens (tertiary/aromatic N) is 2. The molecule has 0 bridgehead atoms. The van der Waals surface area contributed by atoms with Crippen molar-refractivity contribution in [2.75, 3.05) is 45.8 Å². The van der Waals surface area contributed by atoms with Crippen molar-refractivity contribution in [2.24, 2.45) is 9.98 Å². The molecule has 6 aromatic carbocycles. The van der Waals surface area contributed by atoms with Crippen molar-refractivity contribution >= 4 is 61.2 Å². The van der Waals surface area contributed by atoms with Gasteiger partial charge in [0.2, 0.25) is 0 Å². The summed E-state index contributed by atoms with van der Waals surface area (Å²) in [5, 5.41) is 20.4. The van der Waals surface area contributed by atoms with Gasteiger partial charge in [-0.15, -0.1) is 0 Å². The summed E-state index contributed by atoms with van der Waals surface area (Å²) < 4.78 is 0. The largest absolute Gasteiger partial charge is 0.315 e. The molecule has 5 heteroatoms. The van der Waals surface area contributed by atoms with Gasteiger partial charge in [-0.25, -0.2) is 0 Å². The van der Waals surface area contributed by atoms with Crippen LogP contribution in [0.5, 0.6) is 0 Å². The quantitative estimate of drug-likeness (QED) is 0.0739. The topological polar surface area (TPSA) is 60.8 Å². The van der Waals surface area contributed by atoms with Crippen LogP contribution in [0, 0.1) is 0 Å². The van der Waals surface area contributed by atoms with Gasteiger partial charge in [-0.1, -0.05) is 97.1 Å². The van der Waals surface area contributed by atoms with Gasteiger partial charge in [0.25, 0.3) is 0 Å². The Morgan fingerprint density at radius 2 is 0.930 bits per heavy atom.